The summed E-state index contributed by atoms with van der Waals surface area (Å²) in [6.07, 6.45) is 0. The molecule has 1 fully saturated rings. The monoisotopic (exact) mass is 363 g/mol. The van der Waals surface area contributed by atoms with E-state index in [9.17, 15) is 22.7 Å². The third kappa shape index (κ3) is 2.63. The minimum absolute atomic E-state index is 0.0427. The molecule has 1 aliphatic carbocycles. The lowest BCUT2D eigenvalue weighted by atomic mass is 9.99. The molecule has 3 atom stereocenters. The van der Waals surface area contributed by atoms with Crippen molar-refractivity contribution < 1.29 is 22.7 Å². The van der Waals surface area contributed by atoms with E-state index < -0.39 is 38.2 Å². The Kier molecular flexibility index (Phi) is 4.17. The standard InChI is InChI=1S/C18H18FNO4S/c1-11-5-7-14(8-6-11)25(23,24)16-15(18(16,10-20)17(21)22)12-3-2-4-13(19)9-12/h2-9,15-16H,10,20H2,1H3,(H,21,22)/t15-,16-,18-/m1/s1. The molecule has 2 aromatic carbocycles. The third-order valence-electron chi connectivity index (χ3n) is 4.88. The Morgan fingerprint density at radius 3 is 2.40 bits per heavy atom. The second kappa shape index (κ2) is 5.93. The summed E-state index contributed by atoms with van der Waals surface area (Å²) in [4.78, 5) is 11.9. The van der Waals surface area contributed by atoms with Crippen molar-refractivity contribution in [3.63, 3.8) is 0 Å². The molecule has 0 spiro atoms. The first-order valence-corrected chi connectivity index (χ1v) is 9.29. The Balaban J connectivity index is 2.12. The number of carbonyl (C=O) groups is 1. The van der Waals surface area contributed by atoms with E-state index in [1.807, 2.05) is 6.92 Å². The lowest BCUT2D eigenvalue weighted by Gasteiger charge is -2.10. The van der Waals surface area contributed by atoms with Gasteiger partial charge in [-0.05, 0) is 36.8 Å². The van der Waals surface area contributed by atoms with Gasteiger partial charge in [-0.3, -0.25) is 4.79 Å². The van der Waals surface area contributed by atoms with Crippen LogP contribution in [0, 0.1) is 18.2 Å². The van der Waals surface area contributed by atoms with Crippen LogP contribution in [0.25, 0.3) is 0 Å². The Bertz CT molecular complexity index is 926. The second-order valence-electron chi connectivity index (χ2n) is 6.36. The van der Waals surface area contributed by atoms with Gasteiger partial charge in [-0.25, -0.2) is 12.8 Å². The van der Waals surface area contributed by atoms with Gasteiger partial charge in [0, 0.05) is 12.5 Å². The summed E-state index contributed by atoms with van der Waals surface area (Å²) in [6.45, 7) is 1.48. The van der Waals surface area contributed by atoms with Gasteiger partial charge in [0.1, 0.15) is 11.2 Å². The number of sulfone groups is 1. The fourth-order valence-corrected chi connectivity index (χ4v) is 5.88. The predicted octanol–water partition coefficient (Wildman–Crippen LogP) is 2.10. The zero-order valence-corrected chi connectivity index (χ0v) is 14.3. The van der Waals surface area contributed by atoms with E-state index in [1.54, 1.807) is 12.1 Å². The zero-order valence-electron chi connectivity index (χ0n) is 13.5. The highest BCUT2D eigenvalue weighted by Gasteiger charge is 2.75. The summed E-state index contributed by atoms with van der Waals surface area (Å²) in [6, 6.07) is 11.6. The molecule has 5 nitrogen and oxygen atoms in total. The lowest BCUT2D eigenvalue weighted by molar-refractivity contribution is -0.143. The first-order chi connectivity index (χ1) is 11.7. The second-order valence-corrected chi connectivity index (χ2v) is 8.43. The summed E-state index contributed by atoms with van der Waals surface area (Å²) in [5.41, 5.74) is 5.25. The van der Waals surface area contributed by atoms with Crippen LogP contribution in [0.5, 0.6) is 0 Å². The minimum atomic E-state index is -3.94. The van der Waals surface area contributed by atoms with Crippen molar-refractivity contribution in [3.8, 4) is 0 Å². The molecule has 0 amide bonds. The van der Waals surface area contributed by atoms with E-state index in [1.165, 1.54) is 36.4 Å². The Labute approximate surface area is 145 Å². The SMILES string of the molecule is Cc1ccc(S(=O)(=O)[C@@H]2[C@@H](c3cccc(F)c3)[C@@]2(CN)C(=O)O)cc1. The molecule has 7 heteroatoms. The molecule has 0 bridgehead atoms. The highest BCUT2D eigenvalue weighted by molar-refractivity contribution is 7.92. The molecule has 3 N–H and O–H groups in total. The van der Waals surface area contributed by atoms with Gasteiger partial charge in [-0.2, -0.15) is 0 Å². The van der Waals surface area contributed by atoms with Crippen LogP contribution in [0.2, 0.25) is 0 Å². The van der Waals surface area contributed by atoms with Crippen molar-refractivity contribution >= 4 is 15.8 Å². The smallest absolute Gasteiger partial charge is 0.312 e. The number of nitrogens with two attached hydrogens (primary N) is 1. The van der Waals surface area contributed by atoms with Crippen LogP contribution in [0.15, 0.2) is 53.4 Å². The van der Waals surface area contributed by atoms with Gasteiger partial charge in [0.05, 0.1) is 10.1 Å². The molecule has 0 unspecified atom stereocenters. The average Bonchev–Trinajstić information content (AvgIpc) is 3.27. The van der Waals surface area contributed by atoms with Crippen LogP contribution in [0.3, 0.4) is 0 Å². The first kappa shape index (κ1) is 17.6. The van der Waals surface area contributed by atoms with Crippen molar-refractivity contribution in [2.75, 3.05) is 6.54 Å². The molecule has 25 heavy (non-hydrogen) atoms. The molecule has 1 saturated carbocycles. The van der Waals surface area contributed by atoms with Crippen LogP contribution in [0.1, 0.15) is 17.0 Å². The predicted molar refractivity (Wildman–Crippen MR) is 90.4 cm³/mol. The number of carboxylic acids is 1. The summed E-state index contributed by atoms with van der Waals surface area (Å²) < 4.78 is 39.7. The van der Waals surface area contributed by atoms with Gasteiger partial charge >= 0.3 is 5.97 Å². The topological polar surface area (TPSA) is 97.5 Å². The average molecular weight is 363 g/mol. The molecule has 0 heterocycles. The van der Waals surface area contributed by atoms with Gasteiger partial charge < -0.3 is 10.8 Å². The Hall–Kier alpha value is -2.25. The van der Waals surface area contributed by atoms with Crippen molar-refractivity contribution in [3.05, 3.63) is 65.5 Å². The number of benzene rings is 2. The van der Waals surface area contributed by atoms with Crippen molar-refractivity contribution in [2.45, 2.75) is 23.0 Å². The van der Waals surface area contributed by atoms with E-state index in [-0.39, 0.29) is 11.4 Å². The molecule has 2 aromatic rings. The summed E-state index contributed by atoms with van der Waals surface area (Å²) in [5, 5.41) is 8.46. The van der Waals surface area contributed by atoms with Gasteiger partial charge in [0.15, 0.2) is 9.84 Å². The molecule has 1 aliphatic rings. The quantitative estimate of drug-likeness (QED) is 0.848. The first-order valence-electron chi connectivity index (χ1n) is 7.74. The fourth-order valence-electron chi connectivity index (χ4n) is 3.49. The Morgan fingerprint density at radius 2 is 1.88 bits per heavy atom. The lowest BCUT2D eigenvalue weighted by Crippen LogP contribution is -2.31. The largest absolute Gasteiger partial charge is 0.481 e. The normalized spacial score (nSPS) is 25.6. The fraction of sp³-hybridized carbons (Fsp3) is 0.278. The number of hydrogen-bond acceptors (Lipinski definition) is 4. The summed E-state index contributed by atoms with van der Waals surface area (Å²) in [5.74, 6) is -2.73. The van der Waals surface area contributed by atoms with Gasteiger partial charge in [0.2, 0.25) is 0 Å². The van der Waals surface area contributed by atoms with Gasteiger partial charge in [-0.1, -0.05) is 29.8 Å². The molecule has 132 valence electrons. The maximum atomic E-state index is 13.6. The van der Waals surface area contributed by atoms with Crippen molar-refractivity contribution in [2.24, 2.45) is 11.1 Å². The van der Waals surface area contributed by atoms with E-state index >= 15 is 0 Å². The molecular formula is C18H18FNO4S. The van der Waals surface area contributed by atoms with Gasteiger partial charge in [-0.15, -0.1) is 0 Å². The molecule has 3 rings (SSSR count). The highest BCUT2D eigenvalue weighted by Crippen LogP contribution is 2.63. The van der Waals surface area contributed by atoms with Crippen molar-refractivity contribution in [1.82, 2.24) is 0 Å². The zero-order chi connectivity index (χ0) is 18.4. The van der Waals surface area contributed by atoms with Crippen LogP contribution in [-0.2, 0) is 14.6 Å². The number of halogens is 1. The molecule has 0 aliphatic heterocycles. The maximum Gasteiger partial charge on any atom is 0.312 e. The van der Waals surface area contributed by atoms with Gasteiger partial charge in [0.25, 0.3) is 0 Å². The molecule has 0 aromatic heterocycles. The maximum absolute atomic E-state index is 13.6. The van der Waals surface area contributed by atoms with E-state index in [0.717, 1.165) is 5.56 Å². The van der Waals surface area contributed by atoms with Crippen molar-refractivity contribution in [1.29, 1.82) is 0 Å². The van der Waals surface area contributed by atoms with Crippen LogP contribution >= 0.6 is 0 Å². The summed E-state index contributed by atoms with van der Waals surface area (Å²) >= 11 is 0. The number of carboxylic acid groups (broad SMARTS) is 1. The van der Waals surface area contributed by atoms with E-state index in [2.05, 4.69) is 0 Å². The summed E-state index contributed by atoms with van der Waals surface area (Å²) in [7, 11) is -3.94. The van der Waals surface area contributed by atoms with Crippen LogP contribution in [0.4, 0.5) is 4.39 Å². The number of aryl methyl sites for hydroxylation is 1. The van der Waals surface area contributed by atoms with E-state index in [4.69, 9.17) is 5.73 Å². The molecule has 0 saturated heterocycles. The van der Waals surface area contributed by atoms with E-state index in [0.29, 0.717) is 5.56 Å². The Morgan fingerprint density at radius 1 is 1.24 bits per heavy atom. The molecule has 0 radical (unpaired) electrons. The van der Waals surface area contributed by atoms with Crippen LogP contribution < -0.4 is 5.73 Å². The molecular weight excluding hydrogens is 345 g/mol. The number of rotatable bonds is 5. The van der Waals surface area contributed by atoms with Crippen LogP contribution in [-0.4, -0.2) is 31.3 Å². The number of aliphatic carboxylic acids is 1. The minimum Gasteiger partial charge on any atom is -0.481 e. The number of hydrogen-bond donors (Lipinski definition) is 2. The highest BCUT2D eigenvalue weighted by atomic mass is 32.2. The third-order valence-corrected chi connectivity index (χ3v) is 7.17.